The summed E-state index contributed by atoms with van der Waals surface area (Å²) in [7, 11) is 0. The minimum absolute atomic E-state index is 0.0555. The largest absolute Gasteiger partial charge is 0.504 e. The van der Waals surface area contributed by atoms with Crippen LogP contribution < -0.4 is 10.2 Å². The Morgan fingerprint density at radius 2 is 2.23 bits per heavy atom. The first kappa shape index (κ1) is 17.9. The van der Waals surface area contributed by atoms with Crippen LogP contribution >= 0.6 is 15.9 Å². The molecule has 134 valence electrons. The van der Waals surface area contributed by atoms with E-state index in [0.29, 0.717) is 35.0 Å². The number of halogens is 1. The fourth-order valence-corrected chi connectivity index (χ4v) is 2.85. The molecule has 0 bridgehead atoms. The van der Waals surface area contributed by atoms with E-state index in [1.807, 2.05) is 19.1 Å². The van der Waals surface area contributed by atoms with Crippen molar-refractivity contribution in [2.45, 2.75) is 13.8 Å². The monoisotopic (exact) mass is 416 g/mol. The summed E-state index contributed by atoms with van der Waals surface area (Å²) < 4.78 is 7.87. The van der Waals surface area contributed by atoms with Gasteiger partial charge in [-0.25, -0.2) is 10.4 Å². The lowest BCUT2D eigenvalue weighted by atomic mass is 10.2. The molecule has 2 heterocycles. The first-order valence-electron chi connectivity index (χ1n) is 7.93. The third-order valence-corrected chi connectivity index (χ3v) is 4.10. The smallest absolute Gasteiger partial charge is 0.290 e. The molecule has 0 fully saturated rings. The van der Waals surface area contributed by atoms with Gasteiger partial charge in [0.15, 0.2) is 11.5 Å². The number of fused-ring (bicyclic) bond motifs is 1. The standard InChI is InChI=1S/C18H17BrN4O3/c1-3-26-15-8-12(4-6-14(15)24)9-20-22-18(25)17-11(2)21-16-7-5-13(19)10-23(16)17/h4-10,24H,3H2,1-2H3,(H,22,25). The van der Waals surface area contributed by atoms with E-state index in [1.54, 1.807) is 29.7 Å². The first-order valence-corrected chi connectivity index (χ1v) is 8.72. The maximum Gasteiger partial charge on any atom is 0.290 e. The Morgan fingerprint density at radius 3 is 3.00 bits per heavy atom. The van der Waals surface area contributed by atoms with Crippen molar-refractivity contribution in [3.05, 3.63) is 58.0 Å². The summed E-state index contributed by atoms with van der Waals surface area (Å²) in [5.74, 6) is 0.0541. The highest BCUT2D eigenvalue weighted by Gasteiger charge is 2.16. The van der Waals surface area contributed by atoms with Crippen LogP contribution in [-0.2, 0) is 0 Å². The molecule has 3 aromatic rings. The van der Waals surface area contributed by atoms with Gasteiger partial charge in [-0.1, -0.05) is 0 Å². The molecule has 8 heteroatoms. The van der Waals surface area contributed by atoms with E-state index >= 15 is 0 Å². The number of benzene rings is 1. The van der Waals surface area contributed by atoms with Gasteiger partial charge in [0.25, 0.3) is 5.91 Å². The number of imidazole rings is 1. The van der Waals surface area contributed by atoms with E-state index in [9.17, 15) is 9.90 Å². The minimum Gasteiger partial charge on any atom is -0.504 e. The number of aryl methyl sites for hydroxylation is 1. The first-order chi connectivity index (χ1) is 12.5. The summed E-state index contributed by atoms with van der Waals surface area (Å²) in [5, 5.41) is 13.7. The van der Waals surface area contributed by atoms with Gasteiger partial charge in [0, 0.05) is 10.7 Å². The maximum atomic E-state index is 12.5. The van der Waals surface area contributed by atoms with Crippen molar-refractivity contribution in [1.82, 2.24) is 14.8 Å². The Morgan fingerprint density at radius 1 is 1.42 bits per heavy atom. The number of aromatic hydroxyl groups is 1. The van der Waals surface area contributed by atoms with Gasteiger partial charge in [0.1, 0.15) is 11.3 Å². The number of pyridine rings is 1. The number of nitrogens with zero attached hydrogens (tertiary/aromatic N) is 3. The van der Waals surface area contributed by atoms with Gasteiger partial charge in [-0.15, -0.1) is 0 Å². The number of carbonyl (C=O) groups is 1. The highest BCUT2D eigenvalue weighted by atomic mass is 79.9. The van der Waals surface area contributed by atoms with Crippen molar-refractivity contribution >= 4 is 33.7 Å². The lowest BCUT2D eigenvalue weighted by Gasteiger charge is -2.06. The van der Waals surface area contributed by atoms with Crippen molar-refractivity contribution in [2.75, 3.05) is 6.61 Å². The minimum atomic E-state index is -0.367. The fourth-order valence-electron chi connectivity index (χ4n) is 2.51. The molecule has 0 radical (unpaired) electrons. The molecule has 0 unspecified atom stereocenters. The van der Waals surface area contributed by atoms with Crippen LogP contribution in [0.2, 0.25) is 0 Å². The summed E-state index contributed by atoms with van der Waals surface area (Å²) in [6, 6.07) is 8.51. The molecular formula is C18H17BrN4O3. The molecule has 26 heavy (non-hydrogen) atoms. The van der Waals surface area contributed by atoms with Crippen LogP contribution in [-0.4, -0.2) is 33.2 Å². The lowest BCUT2D eigenvalue weighted by Crippen LogP contribution is -2.20. The third-order valence-electron chi connectivity index (χ3n) is 3.64. The topological polar surface area (TPSA) is 88.2 Å². The van der Waals surface area contributed by atoms with E-state index in [0.717, 1.165) is 4.47 Å². The number of hydrazone groups is 1. The molecule has 0 saturated heterocycles. The van der Waals surface area contributed by atoms with Crippen LogP contribution in [0.3, 0.4) is 0 Å². The van der Waals surface area contributed by atoms with E-state index in [1.165, 1.54) is 12.3 Å². The van der Waals surface area contributed by atoms with E-state index in [2.05, 4.69) is 31.4 Å². The Labute approximate surface area is 158 Å². The predicted octanol–water partition coefficient (Wildman–Crippen LogP) is 3.27. The highest BCUT2D eigenvalue weighted by molar-refractivity contribution is 9.10. The average Bonchev–Trinajstić information content (AvgIpc) is 2.93. The second-order valence-corrected chi connectivity index (χ2v) is 6.40. The van der Waals surface area contributed by atoms with Crippen LogP contribution in [0.1, 0.15) is 28.7 Å². The van der Waals surface area contributed by atoms with Gasteiger partial charge in [-0.05, 0) is 65.7 Å². The molecule has 0 aliphatic heterocycles. The number of aromatic nitrogens is 2. The number of nitrogens with one attached hydrogen (secondary N) is 1. The molecule has 2 N–H and O–H groups in total. The molecule has 1 aromatic carbocycles. The molecule has 2 aromatic heterocycles. The number of phenols is 1. The Hall–Kier alpha value is -2.87. The van der Waals surface area contributed by atoms with Crippen LogP contribution in [0.5, 0.6) is 11.5 Å². The van der Waals surface area contributed by atoms with Gasteiger partial charge >= 0.3 is 0 Å². The number of ether oxygens (including phenoxy) is 1. The van der Waals surface area contributed by atoms with Crippen molar-refractivity contribution in [3.8, 4) is 11.5 Å². The number of carbonyl (C=O) groups excluding carboxylic acids is 1. The third kappa shape index (κ3) is 3.70. The van der Waals surface area contributed by atoms with Crippen LogP contribution in [0.4, 0.5) is 0 Å². The molecule has 0 aliphatic rings. The van der Waals surface area contributed by atoms with Gasteiger partial charge in [-0.3, -0.25) is 9.20 Å². The van der Waals surface area contributed by atoms with Gasteiger partial charge in [0.05, 0.1) is 18.5 Å². The Bertz CT molecular complexity index is 998. The highest BCUT2D eigenvalue weighted by Crippen LogP contribution is 2.26. The Balaban J connectivity index is 1.79. The molecular weight excluding hydrogens is 400 g/mol. The van der Waals surface area contributed by atoms with Crippen molar-refractivity contribution in [1.29, 1.82) is 0 Å². The maximum absolute atomic E-state index is 12.5. The molecule has 0 atom stereocenters. The normalized spacial score (nSPS) is 11.2. The van der Waals surface area contributed by atoms with Gasteiger partial charge in [0.2, 0.25) is 0 Å². The fraction of sp³-hybridized carbons (Fsp3) is 0.167. The number of hydrogen-bond acceptors (Lipinski definition) is 5. The number of amides is 1. The van der Waals surface area contributed by atoms with E-state index < -0.39 is 0 Å². The molecule has 0 aliphatic carbocycles. The molecule has 1 amide bonds. The average molecular weight is 417 g/mol. The zero-order valence-corrected chi connectivity index (χ0v) is 15.8. The SMILES string of the molecule is CCOc1cc(C=NNC(=O)c2c(C)nc3ccc(Br)cn23)ccc1O. The Kier molecular flexibility index (Phi) is 5.22. The summed E-state index contributed by atoms with van der Waals surface area (Å²) in [6.45, 7) is 4.04. The van der Waals surface area contributed by atoms with Crippen molar-refractivity contribution in [3.63, 3.8) is 0 Å². The van der Waals surface area contributed by atoms with Crippen LogP contribution in [0.15, 0.2) is 46.1 Å². The van der Waals surface area contributed by atoms with Crippen molar-refractivity contribution < 1.29 is 14.6 Å². The summed E-state index contributed by atoms with van der Waals surface area (Å²) >= 11 is 3.39. The van der Waals surface area contributed by atoms with E-state index in [4.69, 9.17) is 4.74 Å². The molecule has 0 spiro atoms. The van der Waals surface area contributed by atoms with Gasteiger partial charge in [-0.2, -0.15) is 5.10 Å². The van der Waals surface area contributed by atoms with Crippen LogP contribution in [0, 0.1) is 6.92 Å². The number of hydrogen-bond donors (Lipinski definition) is 2. The van der Waals surface area contributed by atoms with Gasteiger partial charge < -0.3 is 9.84 Å². The molecule has 7 nitrogen and oxygen atoms in total. The molecule has 3 rings (SSSR count). The second kappa shape index (κ2) is 7.57. The number of rotatable bonds is 5. The quantitative estimate of drug-likeness (QED) is 0.493. The van der Waals surface area contributed by atoms with Crippen molar-refractivity contribution in [2.24, 2.45) is 5.10 Å². The van der Waals surface area contributed by atoms with Crippen LogP contribution in [0.25, 0.3) is 5.65 Å². The lowest BCUT2D eigenvalue weighted by molar-refractivity contribution is 0.0948. The predicted molar refractivity (Wildman–Crippen MR) is 102 cm³/mol. The summed E-state index contributed by atoms with van der Waals surface area (Å²) in [5.41, 5.74) is 4.89. The summed E-state index contributed by atoms with van der Waals surface area (Å²) in [4.78, 5) is 16.9. The molecule has 0 saturated carbocycles. The summed E-state index contributed by atoms with van der Waals surface area (Å²) in [6.07, 6.45) is 3.26. The second-order valence-electron chi connectivity index (χ2n) is 5.48. The zero-order valence-electron chi connectivity index (χ0n) is 14.2. The van der Waals surface area contributed by atoms with E-state index in [-0.39, 0.29) is 11.7 Å². The zero-order chi connectivity index (χ0) is 18.7. The number of phenolic OH excluding ortho intramolecular Hbond substituents is 1.